The van der Waals surface area contributed by atoms with E-state index >= 15 is 0 Å². The number of phenolic OH excluding ortho intramolecular Hbond substituents is 1. The second-order valence-electron chi connectivity index (χ2n) is 4.97. The van der Waals surface area contributed by atoms with Crippen LogP contribution in [-0.4, -0.2) is 16.8 Å². The number of aliphatic hydroxyl groups is 1. The van der Waals surface area contributed by atoms with Crippen LogP contribution in [0.15, 0.2) is 48.5 Å². The van der Waals surface area contributed by atoms with Crippen LogP contribution in [-0.2, 0) is 0 Å². The molecule has 0 amide bonds. The van der Waals surface area contributed by atoms with E-state index in [2.05, 4.69) is 5.32 Å². The molecule has 3 N–H and O–H groups in total. The molecule has 0 saturated carbocycles. The highest BCUT2D eigenvalue weighted by Crippen LogP contribution is 2.28. The Morgan fingerprint density at radius 3 is 2.29 bits per heavy atom. The molecule has 4 heteroatoms. The molecule has 3 nitrogen and oxygen atoms in total. The van der Waals surface area contributed by atoms with Gasteiger partial charge >= 0.3 is 0 Å². The molecule has 0 saturated heterocycles. The average Bonchev–Trinajstić information content (AvgIpc) is 2.51. The third kappa shape index (κ3) is 3.97. The number of aromatic hydroxyl groups is 1. The summed E-state index contributed by atoms with van der Waals surface area (Å²) in [5.74, 6) is 0.268. The van der Waals surface area contributed by atoms with E-state index in [0.717, 1.165) is 17.5 Å². The van der Waals surface area contributed by atoms with Crippen LogP contribution in [0.2, 0.25) is 5.02 Å². The lowest BCUT2D eigenvalue weighted by Crippen LogP contribution is -2.28. The Morgan fingerprint density at radius 1 is 1.05 bits per heavy atom. The van der Waals surface area contributed by atoms with Crippen LogP contribution in [0.3, 0.4) is 0 Å². The van der Waals surface area contributed by atoms with Gasteiger partial charge in [-0.2, -0.15) is 0 Å². The maximum absolute atomic E-state index is 9.98. The number of nitrogens with one attached hydrogen (secondary N) is 1. The summed E-state index contributed by atoms with van der Waals surface area (Å²) in [7, 11) is 0. The van der Waals surface area contributed by atoms with Crippen molar-refractivity contribution in [3.8, 4) is 5.75 Å². The van der Waals surface area contributed by atoms with Crippen LogP contribution in [0.25, 0.3) is 0 Å². The third-order valence-electron chi connectivity index (χ3n) is 3.58. The van der Waals surface area contributed by atoms with Crippen LogP contribution in [0, 0.1) is 0 Å². The number of benzene rings is 2. The van der Waals surface area contributed by atoms with Gasteiger partial charge < -0.3 is 15.5 Å². The molecule has 0 radical (unpaired) electrons. The molecule has 2 aromatic carbocycles. The van der Waals surface area contributed by atoms with Gasteiger partial charge in [-0.3, -0.25) is 0 Å². The fourth-order valence-corrected chi connectivity index (χ4v) is 2.53. The maximum Gasteiger partial charge on any atom is 0.120 e. The minimum Gasteiger partial charge on any atom is -0.508 e. The lowest BCUT2D eigenvalue weighted by Gasteiger charge is -2.25. The predicted octanol–water partition coefficient (Wildman–Crippen LogP) is 3.82. The van der Waals surface area contributed by atoms with Crippen LogP contribution in [0.5, 0.6) is 5.75 Å². The van der Waals surface area contributed by atoms with E-state index in [0.29, 0.717) is 5.02 Å². The van der Waals surface area contributed by atoms with Crippen LogP contribution in [0.1, 0.15) is 36.6 Å². The normalized spacial score (nSPS) is 13.9. The van der Waals surface area contributed by atoms with Gasteiger partial charge in [-0.15, -0.1) is 0 Å². The molecule has 0 heterocycles. The van der Waals surface area contributed by atoms with Gasteiger partial charge in [-0.05, 0) is 30.2 Å². The van der Waals surface area contributed by atoms with Crippen molar-refractivity contribution in [1.82, 2.24) is 5.32 Å². The fourth-order valence-electron chi connectivity index (χ4n) is 2.40. The molecule has 0 aliphatic rings. The number of rotatable bonds is 6. The minimum absolute atomic E-state index is 0.0221. The Hall–Kier alpha value is -1.55. The summed E-state index contributed by atoms with van der Waals surface area (Å²) in [5.41, 5.74) is 1.81. The first kappa shape index (κ1) is 15.8. The van der Waals surface area contributed by atoms with E-state index in [4.69, 9.17) is 11.6 Å². The van der Waals surface area contributed by atoms with Gasteiger partial charge in [0.1, 0.15) is 5.75 Å². The highest BCUT2D eigenvalue weighted by atomic mass is 35.5. The molecule has 112 valence electrons. The first-order chi connectivity index (χ1) is 10.2. The zero-order valence-electron chi connectivity index (χ0n) is 12.0. The Labute approximate surface area is 130 Å². The number of para-hydroxylation sites is 1. The maximum atomic E-state index is 9.98. The van der Waals surface area contributed by atoms with Crippen molar-refractivity contribution in [1.29, 1.82) is 0 Å². The Bertz CT molecular complexity index is 571. The van der Waals surface area contributed by atoms with Gasteiger partial charge in [0.25, 0.3) is 0 Å². The molecular formula is C17H20ClNO2. The molecule has 2 rings (SSSR count). The van der Waals surface area contributed by atoms with Gasteiger partial charge in [-0.1, -0.05) is 48.9 Å². The number of hydrogen-bond donors (Lipinski definition) is 3. The van der Waals surface area contributed by atoms with Crippen molar-refractivity contribution in [3.63, 3.8) is 0 Å². The molecular weight excluding hydrogens is 286 g/mol. The molecule has 2 atom stereocenters. The van der Waals surface area contributed by atoms with E-state index in [1.165, 1.54) is 0 Å². The number of phenols is 1. The summed E-state index contributed by atoms with van der Waals surface area (Å²) >= 11 is 5.89. The SMILES string of the molecule is CC[C@H](N[C@H](CO)c1ccc(Cl)cc1)c1ccccc1O. The molecule has 0 unspecified atom stereocenters. The topological polar surface area (TPSA) is 52.5 Å². The number of halogens is 1. The predicted molar refractivity (Wildman–Crippen MR) is 85.6 cm³/mol. The molecule has 0 spiro atoms. The first-order valence-corrected chi connectivity index (χ1v) is 7.43. The van der Waals surface area contributed by atoms with Crippen molar-refractivity contribution in [2.45, 2.75) is 25.4 Å². The summed E-state index contributed by atoms with van der Waals surface area (Å²) in [6.07, 6.45) is 0.807. The smallest absolute Gasteiger partial charge is 0.120 e. The monoisotopic (exact) mass is 305 g/mol. The molecule has 0 bridgehead atoms. The van der Waals surface area contributed by atoms with Crippen molar-refractivity contribution in [3.05, 3.63) is 64.7 Å². The van der Waals surface area contributed by atoms with Crippen LogP contribution in [0.4, 0.5) is 0 Å². The van der Waals surface area contributed by atoms with Crippen LogP contribution >= 0.6 is 11.6 Å². The van der Waals surface area contributed by atoms with Crippen molar-refractivity contribution < 1.29 is 10.2 Å². The molecule has 0 aliphatic heterocycles. The Kier molecular flexibility index (Phi) is 5.62. The second-order valence-corrected chi connectivity index (χ2v) is 5.41. The third-order valence-corrected chi connectivity index (χ3v) is 3.83. The van der Waals surface area contributed by atoms with Crippen molar-refractivity contribution in [2.24, 2.45) is 0 Å². The molecule has 0 fully saturated rings. The van der Waals surface area contributed by atoms with Gasteiger partial charge in [0, 0.05) is 16.6 Å². The fraction of sp³-hybridized carbons (Fsp3) is 0.294. The standard InChI is InChI=1S/C17H20ClNO2/c1-2-15(14-5-3-4-6-17(14)21)19-16(11-20)12-7-9-13(18)10-8-12/h3-10,15-16,19-21H,2,11H2,1H3/t15-,16+/m0/s1. The number of hydrogen-bond acceptors (Lipinski definition) is 3. The molecule has 0 aromatic heterocycles. The minimum atomic E-state index is -0.202. The quantitative estimate of drug-likeness (QED) is 0.760. The second kappa shape index (κ2) is 7.46. The summed E-state index contributed by atoms with van der Waals surface area (Å²) in [4.78, 5) is 0. The van der Waals surface area contributed by atoms with Gasteiger partial charge in [-0.25, -0.2) is 0 Å². The van der Waals surface area contributed by atoms with Crippen LogP contribution < -0.4 is 5.32 Å². The van der Waals surface area contributed by atoms with E-state index in [1.807, 2.05) is 43.3 Å². The van der Waals surface area contributed by atoms with Crippen molar-refractivity contribution >= 4 is 11.6 Å². The Morgan fingerprint density at radius 2 is 1.71 bits per heavy atom. The lowest BCUT2D eigenvalue weighted by atomic mass is 10.00. The van der Waals surface area contributed by atoms with E-state index in [9.17, 15) is 10.2 Å². The first-order valence-electron chi connectivity index (χ1n) is 7.06. The van der Waals surface area contributed by atoms with Gasteiger partial charge in [0.2, 0.25) is 0 Å². The summed E-state index contributed by atoms with van der Waals surface area (Å²) in [5, 5.41) is 23.7. The lowest BCUT2D eigenvalue weighted by molar-refractivity contribution is 0.231. The molecule has 21 heavy (non-hydrogen) atoms. The molecule has 2 aromatic rings. The molecule has 0 aliphatic carbocycles. The Balaban J connectivity index is 2.19. The summed E-state index contributed by atoms with van der Waals surface area (Å²) in [6.45, 7) is 2.02. The van der Waals surface area contributed by atoms with E-state index in [-0.39, 0.29) is 24.4 Å². The van der Waals surface area contributed by atoms with E-state index in [1.54, 1.807) is 12.1 Å². The van der Waals surface area contributed by atoms with Gasteiger partial charge in [0.15, 0.2) is 0 Å². The van der Waals surface area contributed by atoms with E-state index < -0.39 is 0 Å². The highest BCUT2D eigenvalue weighted by Gasteiger charge is 2.18. The zero-order chi connectivity index (χ0) is 15.2. The average molecular weight is 306 g/mol. The number of aliphatic hydroxyl groups excluding tert-OH is 1. The zero-order valence-corrected chi connectivity index (χ0v) is 12.7. The largest absolute Gasteiger partial charge is 0.508 e. The highest BCUT2D eigenvalue weighted by molar-refractivity contribution is 6.30. The van der Waals surface area contributed by atoms with Crippen molar-refractivity contribution in [2.75, 3.05) is 6.61 Å². The summed E-state index contributed by atoms with van der Waals surface area (Å²) < 4.78 is 0. The summed E-state index contributed by atoms with van der Waals surface area (Å²) in [6, 6.07) is 14.4. The van der Waals surface area contributed by atoms with Gasteiger partial charge in [0.05, 0.1) is 12.6 Å².